The second-order valence-corrected chi connectivity index (χ2v) is 6.22. The summed E-state index contributed by atoms with van der Waals surface area (Å²) in [6, 6.07) is 11.6. The molecule has 0 unspecified atom stereocenters. The molecule has 9 heteroatoms. The molecule has 0 saturated carbocycles. The summed E-state index contributed by atoms with van der Waals surface area (Å²) >= 11 is 6.08. The average molecular weight is 386 g/mol. The number of nitrogens with zero attached hydrogens (tertiary/aromatic N) is 3. The number of aromatic nitrogens is 3. The number of aryl methyl sites for hydroxylation is 1. The molecule has 2 N–H and O–H groups in total. The molecule has 0 spiro atoms. The van der Waals surface area contributed by atoms with E-state index in [1.54, 1.807) is 36.4 Å². The van der Waals surface area contributed by atoms with Gasteiger partial charge in [-0.15, -0.1) is 5.10 Å². The van der Waals surface area contributed by atoms with E-state index in [9.17, 15) is 14.4 Å². The van der Waals surface area contributed by atoms with E-state index in [1.807, 2.05) is 0 Å². The van der Waals surface area contributed by atoms with Gasteiger partial charge in [0, 0.05) is 19.0 Å². The number of halogens is 1. The predicted octanol–water partition coefficient (Wildman–Crippen LogP) is 2.43. The number of anilines is 2. The van der Waals surface area contributed by atoms with Crippen LogP contribution < -0.4 is 16.2 Å². The second-order valence-electron chi connectivity index (χ2n) is 5.81. The van der Waals surface area contributed by atoms with E-state index in [-0.39, 0.29) is 30.3 Å². The van der Waals surface area contributed by atoms with Crippen molar-refractivity contribution in [3.63, 3.8) is 0 Å². The molecule has 3 rings (SSSR count). The average Bonchev–Trinajstić information content (AvgIpc) is 2.63. The van der Waals surface area contributed by atoms with Crippen molar-refractivity contribution in [3.05, 3.63) is 57.8 Å². The first-order chi connectivity index (χ1) is 12.9. The molecule has 138 valence electrons. The van der Waals surface area contributed by atoms with Gasteiger partial charge in [0.1, 0.15) is 5.52 Å². The highest BCUT2D eigenvalue weighted by Crippen LogP contribution is 2.25. The summed E-state index contributed by atoms with van der Waals surface area (Å²) in [6.45, 7) is 1.48. The van der Waals surface area contributed by atoms with Crippen LogP contribution in [0.25, 0.3) is 10.9 Å². The van der Waals surface area contributed by atoms with Crippen molar-refractivity contribution in [2.24, 2.45) is 0 Å². The third kappa shape index (κ3) is 4.48. The first-order valence-electron chi connectivity index (χ1n) is 8.13. The zero-order valence-corrected chi connectivity index (χ0v) is 15.2. The van der Waals surface area contributed by atoms with E-state index in [0.29, 0.717) is 27.3 Å². The zero-order valence-electron chi connectivity index (χ0n) is 14.4. The van der Waals surface area contributed by atoms with Crippen LogP contribution in [-0.2, 0) is 16.1 Å². The van der Waals surface area contributed by atoms with Gasteiger partial charge in [-0.2, -0.15) is 0 Å². The van der Waals surface area contributed by atoms with E-state index in [4.69, 9.17) is 11.6 Å². The van der Waals surface area contributed by atoms with Crippen LogP contribution in [0.1, 0.15) is 13.3 Å². The second kappa shape index (κ2) is 7.96. The minimum atomic E-state index is -0.305. The minimum Gasteiger partial charge on any atom is -0.326 e. The summed E-state index contributed by atoms with van der Waals surface area (Å²) in [7, 11) is 0. The molecule has 2 aromatic carbocycles. The molecule has 0 saturated heterocycles. The third-order valence-corrected chi connectivity index (χ3v) is 4.06. The van der Waals surface area contributed by atoms with Gasteiger partial charge in [0.05, 0.1) is 22.6 Å². The van der Waals surface area contributed by atoms with Gasteiger partial charge in [0.2, 0.25) is 11.8 Å². The Morgan fingerprint density at radius 3 is 2.67 bits per heavy atom. The highest BCUT2D eigenvalue weighted by Gasteiger charge is 2.09. The summed E-state index contributed by atoms with van der Waals surface area (Å²) in [6.07, 6.45) is 0.0397. The fourth-order valence-electron chi connectivity index (χ4n) is 2.48. The highest BCUT2D eigenvalue weighted by molar-refractivity contribution is 6.34. The molecule has 0 atom stereocenters. The number of hydrogen-bond donors (Lipinski definition) is 2. The summed E-state index contributed by atoms with van der Waals surface area (Å²) < 4.78 is 1.16. The molecule has 0 aliphatic heterocycles. The lowest BCUT2D eigenvalue weighted by atomic mass is 10.2. The maximum atomic E-state index is 12.3. The fraction of sp³-hybridized carbons (Fsp3) is 0.167. The molecule has 27 heavy (non-hydrogen) atoms. The van der Waals surface area contributed by atoms with Crippen molar-refractivity contribution in [1.29, 1.82) is 0 Å². The fourth-order valence-corrected chi connectivity index (χ4v) is 2.71. The summed E-state index contributed by atoms with van der Waals surface area (Å²) in [5.74, 6) is -0.546. The van der Waals surface area contributed by atoms with Gasteiger partial charge in [0.15, 0.2) is 0 Å². The molecule has 1 aromatic heterocycles. The SMILES string of the molecule is CC(=O)Nc1ccc(NC(=O)CCn2nnc3ccccc3c2=O)cc1Cl. The molecule has 0 bridgehead atoms. The smallest absolute Gasteiger partial charge is 0.277 e. The Bertz CT molecular complexity index is 1080. The molecular weight excluding hydrogens is 370 g/mol. The number of rotatable bonds is 5. The third-order valence-electron chi connectivity index (χ3n) is 3.74. The lowest BCUT2D eigenvalue weighted by molar-refractivity contribution is -0.116. The number of hydrogen-bond acceptors (Lipinski definition) is 5. The largest absolute Gasteiger partial charge is 0.326 e. The van der Waals surface area contributed by atoms with E-state index in [2.05, 4.69) is 20.9 Å². The predicted molar refractivity (Wildman–Crippen MR) is 103 cm³/mol. The van der Waals surface area contributed by atoms with Crippen LogP contribution in [0.4, 0.5) is 11.4 Å². The number of amides is 2. The first-order valence-corrected chi connectivity index (χ1v) is 8.51. The van der Waals surface area contributed by atoms with Crippen molar-refractivity contribution in [2.45, 2.75) is 19.9 Å². The Morgan fingerprint density at radius 2 is 1.93 bits per heavy atom. The van der Waals surface area contributed by atoms with E-state index >= 15 is 0 Å². The number of nitrogens with one attached hydrogen (secondary N) is 2. The van der Waals surface area contributed by atoms with E-state index in [1.165, 1.54) is 13.0 Å². The lowest BCUT2D eigenvalue weighted by Gasteiger charge is -2.09. The van der Waals surface area contributed by atoms with Crippen LogP contribution in [0, 0.1) is 0 Å². The molecule has 0 fully saturated rings. The van der Waals surface area contributed by atoms with Gasteiger partial charge in [-0.1, -0.05) is 28.9 Å². The van der Waals surface area contributed by atoms with Crippen LogP contribution in [0.2, 0.25) is 5.02 Å². The summed E-state index contributed by atoms with van der Waals surface area (Å²) in [5, 5.41) is 13.9. The standard InChI is InChI=1S/C18H16ClN5O3/c1-11(25)20-16-7-6-12(10-14(16)19)21-17(26)8-9-24-18(27)13-4-2-3-5-15(13)22-23-24/h2-7,10H,8-9H2,1H3,(H,20,25)(H,21,26). The minimum absolute atomic E-state index is 0.0397. The van der Waals surface area contributed by atoms with Crippen molar-refractivity contribution in [1.82, 2.24) is 15.0 Å². The number of carbonyl (C=O) groups is 2. The Kier molecular flexibility index (Phi) is 5.46. The maximum absolute atomic E-state index is 12.3. The molecule has 3 aromatic rings. The zero-order chi connectivity index (χ0) is 19.4. The molecule has 1 heterocycles. The molecule has 0 aliphatic carbocycles. The number of carbonyl (C=O) groups excluding carboxylic acids is 2. The molecule has 0 aliphatic rings. The molecular formula is C18H16ClN5O3. The van der Waals surface area contributed by atoms with E-state index < -0.39 is 0 Å². The topological polar surface area (TPSA) is 106 Å². The van der Waals surface area contributed by atoms with Crippen molar-refractivity contribution < 1.29 is 9.59 Å². The summed E-state index contributed by atoms with van der Waals surface area (Å²) in [4.78, 5) is 35.6. The van der Waals surface area contributed by atoms with Crippen LogP contribution in [0.15, 0.2) is 47.3 Å². The van der Waals surface area contributed by atoms with Gasteiger partial charge >= 0.3 is 0 Å². The van der Waals surface area contributed by atoms with Gasteiger partial charge in [-0.3, -0.25) is 14.4 Å². The lowest BCUT2D eigenvalue weighted by Crippen LogP contribution is -2.26. The van der Waals surface area contributed by atoms with E-state index in [0.717, 1.165) is 4.68 Å². The van der Waals surface area contributed by atoms with Crippen molar-refractivity contribution in [3.8, 4) is 0 Å². The van der Waals surface area contributed by atoms with Crippen molar-refractivity contribution >= 4 is 45.7 Å². The maximum Gasteiger partial charge on any atom is 0.277 e. The van der Waals surface area contributed by atoms with Crippen LogP contribution in [0.5, 0.6) is 0 Å². The summed E-state index contributed by atoms with van der Waals surface area (Å²) in [5.41, 5.74) is 1.16. The number of benzene rings is 2. The quantitative estimate of drug-likeness (QED) is 0.701. The monoisotopic (exact) mass is 385 g/mol. The van der Waals surface area contributed by atoms with Crippen molar-refractivity contribution in [2.75, 3.05) is 10.6 Å². The number of fused-ring (bicyclic) bond motifs is 1. The van der Waals surface area contributed by atoms with Gasteiger partial charge in [-0.25, -0.2) is 4.68 Å². The highest BCUT2D eigenvalue weighted by atomic mass is 35.5. The Labute approximate surface area is 159 Å². The Hall–Kier alpha value is -3.26. The van der Waals surface area contributed by atoms with Crippen LogP contribution in [-0.4, -0.2) is 26.8 Å². The van der Waals surface area contributed by atoms with Gasteiger partial charge < -0.3 is 10.6 Å². The van der Waals surface area contributed by atoms with Gasteiger partial charge in [0.25, 0.3) is 5.56 Å². The Balaban J connectivity index is 1.65. The molecule has 0 radical (unpaired) electrons. The Morgan fingerprint density at radius 1 is 1.15 bits per heavy atom. The molecule has 2 amide bonds. The van der Waals surface area contributed by atoms with Crippen LogP contribution >= 0.6 is 11.6 Å². The molecule has 8 nitrogen and oxygen atoms in total. The normalized spacial score (nSPS) is 10.6. The van der Waals surface area contributed by atoms with Gasteiger partial charge in [-0.05, 0) is 30.3 Å². The first kappa shape index (κ1) is 18.5. The van der Waals surface area contributed by atoms with Crippen LogP contribution in [0.3, 0.4) is 0 Å².